The van der Waals surface area contributed by atoms with Crippen LogP contribution in [0.5, 0.6) is 11.5 Å². The van der Waals surface area contributed by atoms with E-state index in [1.54, 1.807) is 13.2 Å². The molecule has 0 aromatic heterocycles. The molecule has 1 saturated carbocycles. The Morgan fingerprint density at radius 3 is 2.42 bits per heavy atom. The van der Waals surface area contributed by atoms with Gasteiger partial charge in [0.15, 0.2) is 18.1 Å². The van der Waals surface area contributed by atoms with Crippen LogP contribution >= 0.6 is 0 Å². The Morgan fingerprint density at radius 1 is 0.962 bits per heavy atom. The van der Waals surface area contributed by atoms with Gasteiger partial charge in [-0.15, -0.1) is 0 Å². The normalized spacial score (nSPS) is 14.7. The van der Waals surface area contributed by atoms with Crippen molar-refractivity contribution in [1.82, 2.24) is 5.32 Å². The van der Waals surface area contributed by atoms with Crippen LogP contribution in [0, 0.1) is 0 Å². The first-order valence-electron chi connectivity index (χ1n) is 8.77. The van der Waals surface area contributed by atoms with Crippen molar-refractivity contribution in [1.29, 1.82) is 0 Å². The van der Waals surface area contributed by atoms with Crippen molar-refractivity contribution in [2.75, 3.05) is 13.7 Å². The van der Waals surface area contributed by atoms with Crippen LogP contribution in [0.4, 0.5) is 0 Å². The van der Waals surface area contributed by atoms with Gasteiger partial charge < -0.3 is 14.8 Å². The highest BCUT2D eigenvalue weighted by molar-refractivity contribution is 5.88. The Kier molecular flexibility index (Phi) is 4.25. The van der Waals surface area contributed by atoms with Crippen molar-refractivity contribution in [3.63, 3.8) is 0 Å². The lowest BCUT2D eigenvalue weighted by molar-refractivity contribution is -0.124. The zero-order chi connectivity index (χ0) is 18.0. The maximum Gasteiger partial charge on any atom is 0.258 e. The minimum Gasteiger partial charge on any atom is -0.493 e. The number of benzene rings is 3. The number of ether oxygens (including phenoxy) is 2. The van der Waals surface area contributed by atoms with Crippen LogP contribution in [-0.2, 0) is 10.3 Å². The fourth-order valence-electron chi connectivity index (χ4n) is 3.41. The minimum atomic E-state index is -0.276. The molecule has 0 atom stereocenters. The summed E-state index contributed by atoms with van der Waals surface area (Å²) in [5.74, 6) is 1.07. The van der Waals surface area contributed by atoms with Gasteiger partial charge in [-0.1, -0.05) is 54.6 Å². The average Bonchev–Trinajstić information content (AvgIpc) is 3.46. The second-order valence-electron chi connectivity index (χ2n) is 6.60. The highest BCUT2D eigenvalue weighted by Gasteiger charge is 2.46. The fourth-order valence-corrected chi connectivity index (χ4v) is 3.41. The van der Waals surface area contributed by atoms with Crippen molar-refractivity contribution in [2.24, 2.45) is 0 Å². The molecule has 1 fully saturated rings. The quantitative estimate of drug-likeness (QED) is 0.732. The van der Waals surface area contributed by atoms with E-state index in [0.717, 1.165) is 12.8 Å². The van der Waals surface area contributed by atoms with E-state index >= 15 is 0 Å². The largest absolute Gasteiger partial charge is 0.493 e. The number of methoxy groups -OCH3 is 1. The van der Waals surface area contributed by atoms with Gasteiger partial charge in [0.25, 0.3) is 5.91 Å². The molecule has 1 N–H and O–H groups in total. The van der Waals surface area contributed by atoms with E-state index in [9.17, 15) is 4.79 Å². The highest BCUT2D eigenvalue weighted by atomic mass is 16.5. The second-order valence-corrected chi connectivity index (χ2v) is 6.60. The second kappa shape index (κ2) is 6.71. The standard InChI is InChI=1S/C22H21NO3/c1-25-19-11-4-5-12-20(19)26-15-21(24)23-22(13-14-22)18-10-6-8-16-7-2-3-9-17(16)18/h2-12H,13-15H2,1H3,(H,23,24). The Bertz CT molecular complexity index is 942. The van der Waals surface area contributed by atoms with Gasteiger partial charge >= 0.3 is 0 Å². The maximum absolute atomic E-state index is 12.5. The molecule has 0 spiro atoms. The lowest BCUT2D eigenvalue weighted by Crippen LogP contribution is -2.38. The van der Waals surface area contributed by atoms with Crippen molar-refractivity contribution in [2.45, 2.75) is 18.4 Å². The summed E-state index contributed by atoms with van der Waals surface area (Å²) in [7, 11) is 1.59. The molecule has 3 aromatic carbocycles. The van der Waals surface area contributed by atoms with E-state index in [4.69, 9.17) is 9.47 Å². The Morgan fingerprint density at radius 2 is 1.65 bits per heavy atom. The molecule has 4 nitrogen and oxygen atoms in total. The van der Waals surface area contributed by atoms with Crippen LogP contribution in [0.3, 0.4) is 0 Å². The molecular weight excluding hydrogens is 326 g/mol. The SMILES string of the molecule is COc1ccccc1OCC(=O)NC1(c2cccc3ccccc23)CC1. The molecule has 0 saturated heterocycles. The summed E-state index contributed by atoms with van der Waals surface area (Å²) in [6.07, 6.45) is 1.89. The number of carbonyl (C=O) groups excluding carboxylic acids is 1. The Balaban J connectivity index is 1.49. The molecule has 0 heterocycles. The van der Waals surface area contributed by atoms with E-state index in [-0.39, 0.29) is 18.1 Å². The number of nitrogens with one attached hydrogen (secondary N) is 1. The van der Waals surface area contributed by atoms with E-state index in [1.807, 2.05) is 30.3 Å². The van der Waals surface area contributed by atoms with Gasteiger partial charge in [0.1, 0.15) is 0 Å². The molecule has 26 heavy (non-hydrogen) atoms. The third-order valence-corrected chi connectivity index (χ3v) is 4.86. The van der Waals surface area contributed by atoms with Crippen LogP contribution in [0.25, 0.3) is 10.8 Å². The van der Waals surface area contributed by atoms with Gasteiger partial charge in [0, 0.05) is 0 Å². The van der Waals surface area contributed by atoms with Crippen LogP contribution in [0.1, 0.15) is 18.4 Å². The molecular formula is C22H21NO3. The molecule has 1 amide bonds. The summed E-state index contributed by atoms with van der Waals surface area (Å²) < 4.78 is 10.9. The summed E-state index contributed by atoms with van der Waals surface area (Å²) in [6.45, 7) is -0.0348. The topological polar surface area (TPSA) is 47.6 Å². The first kappa shape index (κ1) is 16.5. The van der Waals surface area contributed by atoms with Gasteiger partial charge in [-0.2, -0.15) is 0 Å². The van der Waals surface area contributed by atoms with Crippen molar-refractivity contribution >= 4 is 16.7 Å². The van der Waals surface area contributed by atoms with Gasteiger partial charge in [0.05, 0.1) is 12.6 Å². The number of hydrogen-bond donors (Lipinski definition) is 1. The molecule has 0 radical (unpaired) electrons. The van der Waals surface area contributed by atoms with Crippen molar-refractivity contribution in [3.05, 3.63) is 72.3 Å². The number of amides is 1. The third kappa shape index (κ3) is 3.10. The van der Waals surface area contributed by atoms with Gasteiger partial charge in [-0.3, -0.25) is 4.79 Å². The van der Waals surface area contributed by atoms with Crippen LogP contribution in [0.2, 0.25) is 0 Å². The number of hydrogen-bond acceptors (Lipinski definition) is 3. The predicted molar refractivity (Wildman–Crippen MR) is 101 cm³/mol. The summed E-state index contributed by atoms with van der Waals surface area (Å²) in [4.78, 5) is 12.5. The Labute approximate surface area is 152 Å². The smallest absolute Gasteiger partial charge is 0.258 e. The van der Waals surface area contributed by atoms with Crippen LogP contribution in [0.15, 0.2) is 66.7 Å². The first-order chi connectivity index (χ1) is 12.7. The van der Waals surface area contributed by atoms with Crippen LogP contribution in [-0.4, -0.2) is 19.6 Å². The van der Waals surface area contributed by atoms with Gasteiger partial charge in [0.2, 0.25) is 0 Å². The van der Waals surface area contributed by atoms with Crippen molar-refractivity contribution < 1.29 is 14.3 Å². The zero-order valence-corrected chi connectivity index (χ0v) is 14.7. The summed E-state index contributed by atoms with van der Waals surface area (Å²) in [5.41, 5.74) is 0.906. The van der Waals surface area contributed by atoms with E-state index in [0.29, 0.717) is 11.5 Å². The van der Waals surface area contributed by atoms with Crippen LogP contribution < -0.4 is 14.8 Å². The number of carbonyl (C=O) groups is 1. The number of rotatable bonds is 6. The molecule has 0 bridgehead atoms. The summed E-state index contributed by atoms with van der Waals surface area (Å²) in [6, 6.07) is 21.9. The van der Waals surface area contributed by atoms with E-state index < -0.39 is 0 Å². The molecule has 0 aliphatic heterocycles. The van der Waals surface area contributed by atoms with Crippen molar-refractivity contribution in [3.8, 4) is 11.5 Å². The van der Waals surface area contributed by atoms with Gasteiger partial charge in [-0.25, -0.2) is 0 Å². The van der Waals surface area contributed by atoms with Gasteiger partial charge in [-0.05, 0) is 41.3 Å². The first-order valence-corrected chi connectivity index (χ1v) is 8.77. The highest BCUT2D eigenvalue weighted by Crippen LogP contribution is 2.47. The number of fused-ring (bicyclic) bond motifs is 1. The lowest BCUT2D eigenvalue weighted by Gasteiger charge is -2.20. The minimum absolute atomic E-state index is 0.0348. The molecule has 4 heteroatoms. The maximum atomic E-state index is 12.5. The molecule has 1 aliphatic rings. The van der Waals surface area contributed by atoms with E-state index in [1.165, 1.54) is 16.3 Å². The summed E-state index contributed by atoms with van der Waals surface area (Å²) >= 11 is 0. The third-order valence-electron chi connectivity index (χ3n) is 4.86. The number of para-hydroxylation sites is 2. The monoisotopic (exact) mass is 347 g/mol. The summed E-state index contributed by atoms with van der Waals surface area (Å²) in [5, 5.41) is 5.56. The Hall–Kier alpha value is -3.01. The molecule has 3 aromatic rings. The molecule has 1 aliphatic carbocycles. The molecule has 0 unspecified atom stereocenters. The molecule has 4 rings (SSSR count). The zero-order valence-electron chi connectivity index (χ0n) is 14.7. The lowest BCUT2D eigenvalue weighted by atomic mass is 9.97. The molecule has 132 valence electrons. The van der Waals surface area contributed by atoms with E-state index in [2.05, 4.69) is 35.6 Å². The average molecular weight is 347 g/mol. The fraction of sp³-hybridized carbons (Fsp3) is 0.227. The predicted octanol–water partition coefficient (Wildman–Crippen LogP) is 4.03.